The summed E-state index contributed by atoms with van der Waals surface area (Å²) in [5.74, 6) is 12.6. The lowest BCUT2D eigenvalue weighted by Crippen LogP contribution is -2.57. The Kier molecular flexibility index (Phi) is 7.56. The van der Waals surface area contributed by atoms with Crippen molar-refractivity contribution < 1.29 is 0 Å². The number of hydrogen-bond donors (Lipinski definition) is 0. The maximum absolute atomic E-state index is 3.54. The third-order valence-electron chi connectivity index (χ3n) is 3.91. The van der Waals surface area contributed by atoms with Gasteiger partial charge in [-0.2, -0.15) is 0 Å². The van der Waals surface area contributed by atoms with Gasteiger partial charge in [-0.05, 0) is 34.1 Å². The Labute approximate surface area is 180 Å². The molecule has 0 saturated carbocycles. The van der Waals surface area contributed by atoms with Crippen molar-refractivity contribution in [2.45, 2.75) is 39.3 Å². The summed E-state index contributed by atoms with van der Waals surface area (Å²) in [6, 6.07) is 20.9. The quantitative estimate of drug-likeness (QED) is 0.503. The van der Waals surface area contributed by atoms with Gasteiger partial charge in [0, 0.05) is 0 Å². The third-order valence-corrected chi connectivity index (χ3v) is 9.06. The van der Waals surface area contributed by atoms with E-state index in [4.69, 9.17) is 0 Å². The average Bonchev–Trinajstić information content (AvgIpc) is 2.67. The molecule has 0 fully saturated rings. The molecule has 0 aliphatic carbocycles. The molecule has 0 aromatic heterocycles. The molecule has 0 spiro atoms. The molecule has 0 heterocycles. The van der Waals surface area contributed by atoms with Crippen molar-refractivity contribution in [2.24, 2.45) is 0 Å². The molecule has 2 rings (SSSR count). The van der Waals surface area contributed by atoms with Crippen LogP contribution in [0.5, 0.6) is 0 Å². The Morgan fingerprint density at radius 3 is 1.07 bits per heavy atom. The van der Waals surface area contributed by atoms with E-state index in [0.717, 1.165) is 0 Å². The van der Waals surface area contributed by atoms with E-state index in [1.165, 1.54) is 10.4 Å². The molecule has 0 unspecified atom stereocenters. The molecule has 0 radical (unpaired) electrons. The van der Waals surface area contributed by atoms with Gasteiger partial charge in [-0.1, -0.05) is 111 Å². The highest BCUT2D eigenvalue weighted by atomic mass is 28.3. The van der Waals surface area contributed by atoms with Crippen LogP contribution in [0.3, 0.4) is 0 Å². The van der Waals surface area contributed by atoms with Gasteiger partial charge in [0.2, 0.25) is 0 Å². The second-order valence-electron chi connectivity index (χ2n) is 8.98. The fourth-order valence-corrected chi connectivity index (χ4v) is 6.28. The summed E-state index contributed by atoms with van der Waals surface area (Å²) >= 11 is 0. The maximum Gasteiger partial charge on any atom is 0.278 e. The molecular weight excluding hydrogens is 397 g/mol. The summed E-state index contributed by atoms with van der Waals surface area (Å²) in [5.41, 5.74) is 13.8. The van der Waals surface area contributed by atoms with E-state index in [0.29, 0.717) is 0 Å². The normalized spacial score (nSPS) is 10.7. The Bertz CT molecular complexity index is 979. The predicted octanol–water partition coefficient (Wildman–Crippen LogP) is 4.10. The standard InChI is InChI=1S/C26H28Si3/c1-27(2,3)21-13-15-23-29(25-17-9-7-10-18-25,26-19-11-8-12-20-26)24-16-14-22-28(4,5)6/h7-12,17-20H,1-6H3. The van der Waals surface area contributed by atoms with Crippen LogP contribution in [0.4, 0.5) is 0 Å². The molecule has 0 nitrogen and oxygen atoms in total. The van der Waals surface area contributed by atoms with E-state index in [-0.39, 0.29) is 0 Å². The van der Waals surface area contributed by atoms with Crippen molar-refractivity contribution in [3.05, 3.63) is 60.7 Å². The highest BCUT2D eigenvalue weighted by Gasteiger charge is 2.34. The molecule has 0 N–H and O–H groups in total. The predicted molar refractivity (Wildman–Crippen MR) is 136 cm³/mol. The second kappa shape index (κ2) is 9.69. The van der Waals surface area contributed by atoms with Crippen LogP contribution in [0.2, 0.25) is 39.3 Å². The molecule has 0 aliphatic rings. The van der Waals surface area contributed by atoms with Crippen LogP contribution in [0.25, 0.3) is 0 Å². The average molecular weight is 425 g/mol. The van der Waals surface area contributed by atoms with Crippen LogP contribution >= 0.6 is 0 Å². The minimum absolute atomic E-state index is 1.18. The zero-order valence-corrected chi connectivity index (χ0v) is 21.3. The van der Waals surface area contributed by atoms with Crippen LogP contribution < -0.4 is 10.4 Å². The van der Waals surface area contributed by atoms with E-state index in [1.54, 1.807) is 0 Å². The van der Waals surface area contributed by atoms with Crippen LogP contribution in [0, 0.1) is 45.9 Å². The van der Waals surface area contributed by atoms with Gasteiger partial charge >= 0.3 is 0 Å². The van der Waals surface area contributed by atoms with Crippen molar-refractivity contribution in [3.8, 4) is 45.9 Å². The first-order valence-corrected chi connectivity index (χ1v) is 18.8. The van der Waals surface area contributed by atoms with Crippen LogP contribution in [-0.4, -0.2) is 24.2 Å². The molecule has 144 valence electrons. The van der Waals surface area contributed by atoms with Crippen LogP contribution in [0.15, 0.2) is 60.7 Å². The smallest absolute Gasteiger partial charge is 0.118 e. The van der Waals surface area contributed by atoms with E-state index in [2.05, 4.69) is 134 Å². The van der Waals surface area contributed by atoms with E-state index in [9.17, 15) is 0 Å². The molecule has 0 amide bonds. The van der Waals surface area contributed by atoms with E-state index in [1.807, 2.05) is 12.1 Å². The van der Waals surface area contributed by atoms with Crippen molar-refractivity contribution in [1.29, 1.82) is 0 Å². The Morgan fingerprint density at radius 1 is 0.448 bits per heavy atom. The number of rotatable bonds is 2. The van der Waals surface area contributed by atoms with Crippen LogP contribution in [0.1, 0.15) is 0 Å². The highest BCUT2D eigenvalue weighted by molar-refractivity contribution is 7.13. The topological polar surface area (TPSA) is 0 Å². The SMILES string of the molecule is C[Si](C)(C)C#CC#C[Si](C#CC#C[Si](C)(C)C)(c1ccccc1)c1ccccc1. The minimum atomic E-state index is -2.64. The fraction of sp³-hybridized carbons (Fsp3) is 0.231. The lowest BCUT2D eigenvalue weighted by atomic mass is 10.4. The number of benzene rings is 2. The van der Waals surface area contributed by atoms with Crippen molar-refractivity contribution in [1.82, 2.24) is 0 Å². The minimum Gasteiger partial charge on any atom is -0.118 e. The van der Waals surface area contributed by atoms with Crippen molar-refractivity contribution >= 4 is 34.6 Å². The summed E-state index contributed by atoms with van der Waals surface area (Å²) in [6.45, 7) is 13.4. The van der Waals surface area contributed by atoms with Gasteiger partial charge in [-0.3, -0.25) is 0 Å². The van der Waals surface area contributed by atoms with E-state index >= 15 is 0 Å². The maximum atomic E-state index is 3.54. The lowest BCUT2D eigenvalue weighted by Gasteiger charge is -2.20. The molecule has 0 saturated heterocycles. The molecule has 0 bridgehead atoms. The molecule has 0 aliphatic heterocycles. The van der Waals surface area contributed by atoms with Gasteiger partial charge in [0.1, 0.15) is 16.1 Å². The van der Waals surface area contributed by atoms with Crippen molar-refractivity contribution in [2.75, 3.05) is 0 Å². The van der Waals surface area contributed by atoms with Crippen molar-refractivity contribution in [3.63, 3.8) is 0 Å². The van der Waals surface area contributed by atoms with Gasteiger partial charge in [0.15, 0.2) is 0 Å². The molecule has 2 aromatic rings. The van der Waals surface area contributed by atoms with Gasteiger partial charge in [0.05, 0.1) is 0 Å². The molecule has 3 heteroatoms. The van der Waals surface area contributed by atoms with E-state index < -0.39 is 24.2 Å². The zero-order valence-electron chi connectivity index (χ0n) is 18.3. The zero-order chi connectivity index (χ0) is 21.4. The fourth-order valence-electron chi connectivity index (χ4n) is 2.55. The first-order valence-electron chi connectivity index (χ1n) is 9.82. The largest absolute Gasteiger partial charge is 0.278 e. The Hall–Kier alpha value is -2.67. The second-order valence-corrected chi connectivity index (χ2v) is 21.6. The third kappa shape index (κ3) is 7.34. The molecule has 0 atom stereocenters. The van der Waals surface area contributed by atoms with Crippen LogP contribution in [-0.2, 0) is 0 Å². The summed E-state index contributed by atoms with van der Waals surface area (Å²) in [6.07, 6.45) is 0. The molecule has 2 aromatic carbocycles. The van der Waals surface area contributed by atoms with Gasteiger partial charge < -0.3 is 0 Å². The highest BCUT2D eigenvalue weighted by Crippen LogP contribution is 2.05. The summed E-state index contributed by atoms with van der Waals surface area (Å²) in [5, 5.41) is 2.35. The monoisotopic (exact) mass is 424 g/mol. The molecule has 29 heavy (non-hydrogen) atoms. The summed E-state index contributed by atoms with van der Waals surface area (Å²) < 4.78 is 0. The summed E-state index contributed by atoms with van der Waals surface area (Å²) in [4.78, 5) is 0. The molecular formula is C26H28Si3. The van der Waals surface area contributed by atoms with Gasteiger partial charge in [0.25, 0.3) is 8.07 Å². The first-order chi connectivity index (χ1) is 13.6. The number of hydrogen-bond acceptors (Lipinski definition) is 0. The summed E-state index contributed by atoms with van der Waals surface area (Å²) in [7, 11) is -5.57. The van der Waals surface area contributed by atoms with Gasteiger partial charge in [-0.25, -0.2) is 0 Å². The Morgan fingerprint density at radius 2 is 0.759 bits per heavy atom. The first kappa shape index (κ1) is 22.6. The lowest BCUT2D eigenvalue weighted by molar-refractivity contribution is 1.72. The van der Waals surface area contributed by atoms with Gasteiger partial charge in [-0.15, -0.1) is 11.1 Å². The Balaban J connectivity index is 2.72.